The van der Waals surface area contributed by atoms with Crippen molar-refractivity contribution in [2.75, 3.05) is 13.7 Å². The number of hydrogen-bond donors (Lipinski definition) is 1. The molecule has 2 aromatic rings. The van der Waals surface area contributed by atoms with E-state index in [1.165, 1.54) is 6.07 Å². The maximum atomic E-state index is 12.4. The van der Waals surface area contributed by atoms with Crippen LogP contribution in [0, 0.1) is 6.92 Å². The number of pyridine rings is 1. The number of carbonyl (C=O) groups is 1. The van der Waals surface area contributed by atoms with Crippen molar-refractivity contribution in [3.63, 3.8) is 0 Å². The van der Waals surface area contributed by atoms with Gasteiger partial charge >= 0.3 is 5.97 Å². The van der Waals surface area contributed by atoms with Gasteiger partial charge in [-0.2, -0.15) is 0 Å². The zero-order chi connectivity index (χ0) is 21.0. The summed E-state index contributed by atoms with van der Waals surface area (Å²) in [5.41, 5.74) is 2.74. The summed E-state index contributed by atoms with van der Waals surface area (Å²) in [5.74, 6) is -0.354. The Kier molecular flexibility index (Phi) is 4.57. The number of benzene rings is 1. The summed E-state index contributed by atoms with van der Waals surface area (Å²) in [7, 11) is 1.67. The van der Waals surface area contributed by atoms with Crippen LogP contribution < -0.4 is 10.2 Å². The minimum Gasteiger partial charge on any atom is -0.490 e. The number of aryl methyl sites for hydroxylation is 1. The molecule has 1 aromatic heterocycles. The van der Waals surface area contributed by atoms with E-state index in [1.807, 2.05) is 31.4 Å². The van der Waals surface area contributed by atoms with E-state index < -0.39 is 11.4 Å². The standard InChI is InChI=1S/C23H27NO5/c1-14-8-16-15(9-20(14)29-13-22(2,3)28-4)11-23(6-5-7-23)24-12-17(21(26)27)19(25)10-18(16)24/h8-10,12H,5-7,11,13H2,1-4H3,(H,26,27). The fraction of sp³-hybridized carbons (Fsp3) is 0.478. The molecule has 6 nitrogen and oxygen atoms in total. The van der Waals surface area contributed by atoms with E-state index >= 15 is 0 Å². The second-order valence-electron chi connectivity index (χ2n) is 8.89. The van der Waals surface area contributed by atoms with Crippen LogP contribution in [0.15, 0.2) is 29.2 Å². The third-order valence-electron chi connectivity index (χ3n) is 6.40. The molecule has 2 aliphatic rings. The summed E-state index contributed by atoms with van der Waals surface area (Å²) >= 11 is 0. The molecule has 0 amide bonds. The van der Waals surface area contributed by atoms with Gasteiger partial charge in [-0.3, -0.25) is 4.79 Å². The Balaban J connectivity index is 1.81. The molecule has 1 saturated carbocycles. The number of carboxylic acid groups (broad SMARTS) is 1. The van der Waals surface area contributed by atoms with Crippen LogP contribution in [0.25, 0.3) is 11.3 Å². The quantitative estimate of drug-likeness (QED) is 0.831. The first-order valence-corrected chi connectivity index (χ1v) is 9.98. The van der Waals surface area contributed by atoms with E-state index in [0.29, 0.717) is 6.61 Å². The van der Waals surface area contributed by atoms with Crippen molar-refractivity contribution in [2.45, 2.75) is 57.6 Å². The molecule has 0 atom stereocenters. The Morgan fingerprint density at radius 3 is 2.59 bits per heavy atom. The van der Waals surface area contributed by atoms with E-state index in [4.69, 9.17) is 9.47 Å². The highest BCUT2D eigenvalue weighted by molar-refractivity contribution is 5.88. The third-order valence-corrected chi connectivity index (χ3v) is 6.40. The van der Waals surface area contributed by atoms with Gasteiger partial charge in [0.15, 0.2) is 5.43 Å². The SMILES string of the molecule is COC(C)(C)COc1cc2c(cc1C)-c1cc(=O)c(C(=O)O)cn1C1(CCC1)C2. The summed E-state index contributed by atoms with van der Waals surface area (Å²) in [4.78, 5) is 23.9. The third kappa shape index (κ3) is 3.25. The molecule has 1 aliphatic heterocycles. The molecular formula is C23H27NO5. The number of carboxylic acids is 1. The van der Waals surface area contributed by atoms with E-state index in [1.54, 1.807) is 13.3 Å². The summed E-state index contributed by atoms with van der Waals surface area (Å²) in [6.07, 6.45) is 5.40. The molecule has 29 heavy (non-hydrogen) atoms. The lowest BCUT2D eigenvalue weighted by molar-refractivity contribution is -0.0148. The Labute approximate surface area is 170 Å². The molecule has 4 rings (SSSR count). The number of ether oxygens (including phenoxy) is 2. The van der Waals surface area contributed by atoms with Crippen LogP contribution in [-0.4, -0.2) is 35.0 Å². The number of nitrogens with zero attached hydrogens (tertiary/aromatic N) is 1. The molecule has 1 fully saturated rings. The zero-order valence-electron chi connectivity index (χ0n) is 17.4. The lowest BCUT2D eigenvalue weighted by Gasteiger charge is -2.48. The summed E-state index contributed by atoms with van der Waals surface area (Å²) in [6, 6.07) is 5.60. The number of methoxy groups -OCH3 is 1. The second-order valence-corrected chi connectivity index (χ2v) is 8.89. The van der Waals surface area contributed by atoms with Crippen molar-refractivity contribution in [2.24, 2.45) is 0 Å². The largest absolute Gasteiger partial charge is 0.490 e. The molecule has 154 valence electrons. The van der Waals surface area contributed by atoms with Crippen molar-refractivity contribution in [1.29, 1.82) is 0 Å². The van der Waals surface area contributed by atoms with Gasteiger partial charge in [-0.05, 0) is 69.7 Å². The monoisotopic (exact) mass is 397 g/mol. The first kappa shape index (κ1) is 19.7. The van der Waals surface area contributed by atoms with Crippen molar-refractivity contribution >= 4 is 5.97 Å². The minimum absolute atomic E-state index is 0.154. The fourth-order valence-electron chi connectivity index (χ4n) is 4.32. The van der Waals surface area contributed by atoms with Crippen LogP contribution in [0.3, 0.4) is 0 Å². The van der Waals surface area contributed by atoms with E-state index in [0.717, 1.165) is 53.8 Å². The average Bonchev–Trinajstić information content (AvgIpc) is 2.64. The van der Waals surface area contributed by atoms with Crippen LogP contribution in [0.2, 0.25) is 0 Å². The topological polar surface area (TPSA) is 77.8 Å². The lowest BCUT2D eigenvalue weighted by Crippen LogP contribution is -2.46. The Bertz CT molecular complexity index is 1050. The fourth-order valence-corrected chi connectivity index (χ4v) is 4.32. The van der Waals surface area contributed by atoms with Gasteiger partial charge in [0.05, 0.1) is 11.3 Å². The molecule has 1 aromatic carbocycles. The molecule has 1 N–H and O–H groups in total. The zero-order valence-corrected chi connectivity index (χ0v) is 17.4. The normalized spacial score (nSPS) is 16.7. The van der Waals surface area contributed by atoms with Gasteiger partial charge in [0.1, 0.15) is 17.9 Å². The molecule has 0 radical (unpaired) electrons. The van der Waals surface area contributed by atoms with Gasteiger partial charge < -0.3 is 19.1 Å². The Morgan fingerprint density at radius 2 is 2.00 bits per heavy atom. The number of hydrogen-bond acceptors (Lipinski definition) is 4. The highest BCUT2D eigenvalue weighted by Crippen LogP contribution is 2.49. The molecule has 2 heterocycles. The van der Waals surface area contributed by atoms with E-state index in [9.17, 15) is 14.7 Å². The van der Waals surface area contributed by atoms with Gasteiger partial charge in [-0.25, -0.2) is 4.79 Å². The molecule has 1 spiro atoms. The van der Waals surface area contributed by atoms with Crippen molar-refractivity contribution in [3.05, 3.63) is 51.3 Å². The molecule has 1 aliphatic carbocycles. The maximum Gasteiger partial charge on any atom is 0.341 e. The van der Waals surface area contributed by atoms with E-state index in [-0.39, 0.29) is 16.7 Å². The van der Waals surface area contributed by atoms with E-state index in [2.05, 4.69) is 6.07 Å². The highest BCUT2D eigenvalue weighted by atomic mass is 16.5. The molecule has 0 unspecified atom stereocenters. The van der Waals surface area contributed by atoms with Gasteiger partial charge in [0.25, 0.3) is 0 Å². The first-order chi connectivity index (χ1) is 13.7. The van der Waals surface area contributed by atoms with Crippen LogP contribution in [-0.2, 0) is 16.7 Å². The minimum atomic E-state index is -1.17. The van der Waals surface area contributed by atoms with Gasteiger partial charge in [0.2, 0.25) is 0 Å². The van der Waals surface area contributed by atoms with Gasteiger partial charge in [-0.15, -0.1) is 0 Å². The number of aromatic carboxylic acids is 1. The van der Waals surface area contributed by atoms with Crippen molar-refractivity contribution in [1.82, 2.24) is 4.57 Å². The first-order valence-electron chi connectivity index (χ1n) is 9.98. The van der Waals surface area contributed by atoms with Crippen LogP contribution >= 0.6 is 0 Å². The molecule has 0 saturated heterocycles. The van der Waals surface area contributed by atoms with Crippen molar-refractivity contribution in [3.8, 4) is 17.0 Å². The molecular weight excluding hydrogens is 370 g/mol. The van der Waals surface area contributed by atoms with Gasteiger partial charge in [-0.1, -0.05) is 0 Å². The van der Waals surface area contributed by atoms with Crippen molar-refractivity contribution < 1.29 is 19.4 Å². The Hall–Kier alpha value is -2.60. The summed E-state index contributed by atoms with van der Waals surface area (Å²) in [6.45, 7) is 6.38. The number of fused-ring (bicyclic) bond motifs is 4. The predicted molar refractivity (Wildman–Crippen MR) is 110 cm³/mol. The predicted octanol–water partition coefficient (Wildman–Crippen LogP) is 3.76. The Morgan fingerprint density at radius 1 is 1.28 bits per heavy atom. The second kappa shape index (κ2) is 6.73. The number of aromatic nitrogens is 1. The summed E-state index contributed by atoms with van der Waals surface area (Å²) in [5, 5.41) is 9.41. The van der Waals surface area contributed by atoms with Gasteiger partial charge in [0, 0.05) is 30.5 Å². The highest BCUT2D eigenvalue weighted by Gasteiger charge is 2.43. The lowest BCUT2D eigenvalue weighted by atomic mass is 9.69. The average molecular weight is 397 g/mol. The van der Waals surface area contributed by atoms with Crippen LogP contribution in [0.1, 0.15) is 54.6 Å². The van der Waals surface area contributed by atoms with Crippen LogP contribution in [0.4, 0.5) is 0 Å². The smallest absolute Gasteiger partial charge is 0.341 e. The van der Waals surface area contributed by atoms with Crippen LogP contribution in [0.5, 0.6) is 5.75 Å². The molecule has 0 bridgehead atoms. The summed E-state index contributed by atoms with van der Waals surface area (Å²) < 4.78 is 13.6. The molecule has 6 heteroatoms. The number of rotatable bonds is 5. The maximum absolute atomic E-state index is 12.4.